The molecule has 0 amide bonds. The van der Waals surface area contributed by atoms with Gasteiger partial charge in [0.2, 0.25) is 0 Å². The zero-order valence-corrected chi connectivity index (χ0v) is 11.1. The Labute approximate surface area is 112 Å². The van der Waals surface area contributed by atoms with Gasteiger partial charge in [0.25, 0.3) is 0 Å². The van der Waals surface area contributed by atoms with Crippen LogP contribution >= 0.6 is 0 Å². The predicted molar refractivity (Wildman–Crippen MR) is 77.0 cm³/mol. The van der Waals surface area contributed by atoms with E-state index in [-0.39, 0.29) is 0 Å². The van der Waals surface area contributed by atoms with Gasteiger partial charge < -0.3 is 5.32 Å². The summed E-state index contributed by atoms with van der Waals surface area (Å²) >= 11 is 0. The van der Waals surface area contributed by atoms with Gasteiger partial charge in [-0.2, -0.15) is 5.10 Å². The normalized spacial score (nSPS) is 10.8. The lowest BCUT2D eigenvalue weighted by Gasteiger charge is -2.08. The van der Waals surface area contributed by atoms with Gasteiger partial charge >= 0.3 is 0 Å². The van der Waals surface area contributed by atoms with E-state index in [9.17, 15) is 0 Å². The second-order valence-corrected chi connectivity index (χ2v) is 4.67. The van der Waals surface area contributed by atoms with Crippen LogP contribution in [0.1, 0.15) is 11.3 Å². The first-order valence-electron chi connectivity index (χ1n) is 6.31. The number of hydrogen-bond acceptors (Lipinski definition) is 3. The Hall–Kier alpha value is -2.36. The van der Waals surface area contributed by atoms with Gasteiger partial charge in [-0.05, 0) is 24.6 Å². The van der Waals surface area contributed by atoms with Gasteiger partial charge in [-0.15, -0.1) is 0 Å². The van der Waals surface area contributed by atoms with Crippen molar-refractivity contribution in [2.45, 2.75) is 13.5 Å². The lowest BCUT2D eigenvalue weighted by Crippen LogP contribution is -2.02. The molecule has 0 aliphatic heterocycles. The number of para-hydroxylation sites is 1. The Balaban J connectivity index is 1.91. The molecule has 0 aliphatic carbocycles. The van der Waals surface area contributed by atoms with Gasteiger partial charge in [-0.25, -0.2) is 0 Å². The van der Waals surface area contributed by atoms with E-state index in [1.807, 2.05) is 44.4 Å². The number of nitrogens with one attached hydrogen (secondary N) is 1. The zero-order chi connectivity index (χ0) is 13.2. The third kappa shape index (κ3) is 2.42. The molecule has 19 heavy (non-hydrogen) atoms. The lowest BCUT2D eigenvalue weighted by molar-refractivity contribution is 0.768. The summed E-state index contributed by atoms with van der Waals surface area (Å²) in [6.07, 6.45) is 1.93. The maximum Gasteiger partial charge on any atom is 0.148 e. The second kappa shape index (κ2) is 4.72. The van der Waals surface area contributed by atoms with E-state index >= 15 is 0 Å². The van der Waals surface area contributed by atoms with Gasteiger partial charge in [0.1, 0.15) is 5.82 Å². The number of rotatable bonds is 3. The van der Waals surface area contributed by atoms with Crippen LogP contribution in [0.25, 0.3) is 10.9 Å². The number of nitrogens with zero attached hydrogens (tertiary/aromatic N) is 3. The molecule has 0 radical (unpaired) electrons. The summed E-state index contributed by atoms with van der Waals surface area (Å²) in [5.41, 5.74) is 3.32. The molecule has 0 saturated carbocycles. The van der Waals surface area contributed by atoms with E-state index in [1.165, 1.54) is 10.9 Å². The number of hydrogen-bond donors (Lipinski definition) is 1. The summed E-state index contributed by atoms with van der Waals surface area (Å²) in [5.74, 6) is 0.890. The smallest absolute Gasteiger partial charge is 0.148 e. The topological polar surface area (TPSA) is 42.7 Å². The molecule has 2 aromatic heterocycles. The lowest BCUT2D eigenvalue weighted by atomic mass is 10.1. The Bertz CT molecular complexity index is 715. The molecule has 3 rings (SSSR count). The van der Waals surface area contributed by atoms with Crippen LogP contribution in [0.4, 0.5) is 5.82 Å². The van der Waals surface area contributed by atoms with Crippen LogP contribution in [-0.4, -0.2) is 14.8 Å². The Morgan fingerprint density at radius 2 is 2.05 bits per heavy atom. The molecule has 0 atom stereocenters. The van der Waals surface area contributed by atoms with Crippen LogP contribution in [0.15, 0.2) is 42.6 Å². The summed E-state index contributed by atoms with van der Waals surface area (Å²) in [6, 6.07) is 12.3. The standard InChI is InChI=1S/C15H16N4/c1-11-9-12(10-16-15-7-8-19(2)18-15)13-5-3-4-6-14(13)17-11/h3-9H,10H2,1-2H3,(H,16,18). The van der Waals surface area contributed by atoms with Crippen LogP contribution in [0.2, 0.25) is 0 Å². The van der Waals surface area contributed by atoms with Crippen LogP contribution in [-0.2, 0) is 13.6 Å². The number of aromatic nitrogens is 3. The van der Waals surface area contributed by atoms with Crippen LogP contribution in [0.5, 0.6) is 0 Å². The first-order valence-corrected chi connectivity index (χ1v) is 6.31. The molecular weight excluding hydrogens is 236 g/mol. The molecule has 0 aliphatic rings. The number of pyridine rings is 1. The van der Waals surface area contributed by atoms with Crippen molar-refractivity contribution in [1.82, 2.24) is 14.8 Å². The van der Waals surface area contributed by atoms with Crippen molar-refractivity contribution in [3.63, 3.8) is 0 Å². The summed E-state index contributed by atoms with van der Waals surface area (Å²) in [4.78, 5) is 4.55. The largest absolute Gasteiger partial charge is 0.364 e. The zero-order valence-electron chi connectivity index (χ0n) is 11.1. The number of benzene rings is 1. The van der Waals surface area contributed by atoms with Crippen molar-refractivity contribution >= 4 is 16.7 Å². The van der Waals surface area contributed by atoms with Gasteiger partial charge in [0.05, 0.1) is 5.52 Å². The highest BCUT2D eigenvalue weighted by molar-refractivity contribution is 5.82. The molecule has 0 unspecified atom stereocenters. The Kier molecular flexibility index (Phi) is 2.91. The molecule has 1 aromatic carbocycles. The molecule has 4 nitrogen and oxygen atoms in total. The van der Waals surface area contributed by atoms with E-state index in [0.29, 0.717) is 0 Å². The van der Waals surface area contributed by atoms with Gasteiger partial charge in [0.15, 0.2) is 0 Å². The maximum atomic E-state index is 4.55. The fourth-order valence-corrected chi connectivity index (χ4v) is 2.24. The van der Waals surface area contributed by atoms with E-state index < -0.39 is 0 Å². The van der Waals surface area contributed by atoms with Crippen molar-refractivity contribution in [3.8, 4) is 0 Å². The minimum Gasteiger partial charge on any atom is -0.364 e. The fraction of sp³-hybridized carbons (Fsp3) is 0.200. The van der Waals surface area contributed by atoms with Gasteiger partial charge in [0, 0.05) is 36.9 Å². The first-order chi connectivity index (χ1) is 9.22. The van der Waals surface area contributed by atoms with Crippen LogP contribution in [0, 0.1) is 6.92 Å². The number of aryl methyl sites for hydroxylation is 2. The summed E-state index contributed by atoms with van der Waals surface area (Å²) in [6.45, 7) is 2.78. The second-order valence-electron chi connectivity index (χ2n) is 4.67. The van der Waals surface area contributed by atoms with Gasteiger partial charge in [-0.1, -0.05) is 18.2 Å². The Morgan fingerprint density at radius 1 is 1.21 bits per heavy atom. The minimum absolute atomic E-state index is 0.751. The highest BCUT2D eigenvalue weighted by atomic mass is 15.3. The van der Waals surface area contributed by atoms with Crippen LogP contribution in [0.3, 0.4) is 0 Å². The van der Waals surface area contributed by atoms with E-state index in [1.54, 1.807) is 4.68 Å². The molecule has 4 heteroatoms. The SMILES string of the molecule is Cc1cc(CNc2ccn(C)n2)c2ccccc2n1. The average Bonchev–Trinajstić information content (AvgIpc) is 2.81. The highest BCUT2D eigenvalue weighted by Gasteiger charge is 2.04. The summed E-state index contributed by atoms with van der Waals surface area (Å²) < 4.78 is 1.79. The fourth-order valence-electron chi connectivity index (χ4n) is 2.24. The average molecular weight is 252 g/mol. The van der Waals surface area contributed by atoms with Crippen molar-refractivity contribution < 1.29 is 0 Å². The van der Waals surface area contributed by atoms with E-state index in [0.717, 1.165) is 23.6 Å². The molecule has 0 spiro atoms. The van der Waals surface area contributed by atoms with E-state index in [2.05, 4.69) is 27.5 Å². The number of fused-ring (bicyclic) bond motifs is 1. The predicted octanol–water partition coefficient (Wildman–Crippen LogP) is 2.89. The first kappa shape index (κ1) is 11.7. The summed E-state index contributed by atoms with van der Waals surface area (Å²) in [5, 5.41) is 8.85. The molecule has 96 valence electrons. The third-order valence-electron chi connectivity index (χ3n) is 3.10. The molecule has 2 heterocycles. The number of anilines is 1. The van der Waals surface area contributed by atoms with Gasteiger partial charge in [-0.3, -0.25) is 9.67 Å². The van der Waals surface area contributed by atoms with Crippen molar-refractivity contribution in [2.24, 2.45) is 7.05 Å². The Morgan fingerprint density at radius 3 is 2.84 bits per heavy atom. The van der Waals surface area contributed by atoms with Crippen molar-refractivity contribution in [3.05, 3.63) is 53.9 Å². The van der Waals surface area contributed by atoms with Crippen molar-refractivity contribution in [1.29, 1.82) is 0 Å². The molecule has 0 saturated heterocycles. The third-order valence-corrected chi connectivity index (χ3v) is 3.10. The molecule has 1 N–H and O–H groups in total. The highest BCUT2D eigenvalue weighted by Crippen LogP contribution is 2.19. The quantitative estimate of drug-likeness (QED) is 0.779. The van der Waals surface area contributed by atoms with Crippen molar-refractivity contribution in [2.75, 3.05) is 5.32 Å². The molecule has 0 fully saturated rings. The molecule has 3 aromatic rings. The maximum absolute atomic E-state index is 4.55. The monoisotopic (exact) mass is 252 g/mol. The minimum atomic E-state index is 0.751. The molecule has 0 bridgehead atoms. The molecular formula is C15H16N4. The van der Waals surface area contributed by atoms with E-state index in [4.69, 9.17) is 0 Å². The van der Waals surface area contributed by atoms with Crippen LogP contribution < -0.4 is 5.32 Å². The summed E-state index contributed by atoms with van der Waals surface area (Å²) in [7, 11) is 1.91.